The Labute approximate surface area is 149 Å². The molecule has 0 radical (unpaired) electrons. The number of carbonyl (C=O) groups is 1. The molecule has 0 aliphatic rings. The first kappa shape index (κ1) is 17.4. The highest BCUT2D eigenvalue weighted by Crippen LogP contribution is 2.18. The van der Waals surface area contributed by atoms with Crippen molar-refractivity contribution in [1.82, 2.24) is 0 Å². The van der Waals surface area contributed by atoms with Crippen LogP contribution in [0.3, 0.4) is 0 Å². The maximum Gasteiger partial charge on any atom is 0.279 e. The maximum absolute atomic E-state index is 12.2. The fourth-order valence-corrected chi connectivity index (χ4v) is 2.65. The number of nitrogens with two attached hydrogens (primary N) is 1. The number of nitrogens with zero attached hydrogens (tertiary/aromatic N) is 1. The van der Waals surface area contributed by atoms with Crippen molar-refractivity contribution in [2.75, 3.05) is 11.9 Å². The van der Waals surface area contributed by atoms with Crippen molar-refractivity contribution in [2.45, 2.75) is 6.04 Å². The summed E-state index contributed by atoms with van der Waals surface area (Å²) in [6, 6.07) is 19.1. The number of nitro benzene ring substituents is 1. The van der Waals surface area contributed by atoms with Crippen LogP contribution in [0.5, 0.6) is 0 Å². The van der Waals surface area contributed by atoms with Crippen LogP contribution in [-0.4, -0.2) is 17.4 Å². The lowest BCUT2D eigenvalue weighted by atomic mass is 10.0. The number of rotatable bonds is 7. The molecule has 1 amide bonds. The van der Waals surface area contributed by atoms with Crippen molar-refractivity contribution >= 4 is 17.3 Å². The number of nitro groups is 1. The summed E-state index contributed by atoms with van der Waals surface area (Å²) in [4.78, 5) is 22.4. The number of benzene rings is 2. The van der Waals surface area contributed by atoms with Gasteiger partial charge in [-0.2, -0.15) is 0 Å². The summed E-state index contributed by atoms with van der Waals surface area (Å²) < 4.78 is 5.51. The van der Waals surface area contributed by atoms with Crippen LogP contribution in [-0.2, 0) is 4.79 Å². The van der Waals surface area contributed by atoms with E-state index in [0.29, 0.717) is 5.69 Å². The SMILES string of the molecule is O=C(C[NH2+][C@@H](c1ccccc1)c1ccco1)Nc1ccc([N+](=O)[O-])cc1. The maximum atomic E-state index is 12.2. The second-order valence-corrected chi connectivity index (χ2v) is 5.70. The number of quaternary nitrogens is 1. The Hall–Kier alpha value is -3.45. The van der Waals surface area contributed by atoms with E-state index in [0.717, 1.165) is 11.3 Å². The number of nitrogens with one attached hydrogen (secondary N) is 1. The zero-order valence-electron chi connectivity index (χ0n) is 13.9. The molecule has 2 aromatic carbocycles. The average molecular weight is 352 g/mol. The third-order valence-electron chi connectivity index (χ3n) is 3.91. The third-order valence-corrected chi connectivity index (χ3v) is 3.91. The minimum absolute atomic E-state index is 0.0171. The highest BCUT2D eigenvalue weighted by Gasteiger charge is 2.21. The Morgan fingerprint density at radius 3 is 2.42 bits per heavy atom. The molecule has 1 heterocycles. The second kappa shape index (κ2) is 8.09. The zero-order valence-corrected chi connectivity index (χ0v) is 13.9. The molecule has 1 atom stereocenters. The predicted octanol–water partition coefficient (Wildman–Crippen LogP) is 2.48. The van der Waals surface area contributed by atoms with Gasteiger partial charge in [0, 0.05) is 23.4 Å². The fourth-order valence-electron chi connectivity index (χ4n) is 2.65. The first-order valence-electron chi connectivity index (χ1n) is 8.09. The summed E-state index contributed by atoms with van der Waals surface area (Å²) in [7, 11) is 0. The van der Waals surface area contributed by atoms with Crippen molar-refractivity contribution in [2.24, 2.45) is 0 Å². The molecule has 3 aromatic rings. The van der Waals surface area contributed by atoms with Crippen LogP contribution in [0.2, 0.25) is 0 Å². The molecule has 0 bridgehead atoms. The molecule has 0 fully saturated rings. The van der Waals surface area contributed by atoms with Crippen LogP contribution < -0.4 is 10.6 Å². The third kappa shape index (κ3) is 4.34. The first-order chi connectivity index (χ1) is 12.6. The molecule has 0 saturated carbocycles. The number of anilines is 1. The molecule has 0 aliphatic carbocycles. The minimum Gasteiger partial charge on any atom is -0.463 e. The average Bonchev–Trinajstić information content (AvgIpc) is 3.17. The Morgan fingerprint density at radius 2 is 1.81 bits per heavy atom. The van der Waals surface area contributed by atoms with Gasteiger partial charge in [0.2, 0.25) is 0 Å². The van der Waals surface area contributed by atoms with Gasteiger partial charge in [-0.1, -0.05) is 30.3 Å². The fraction of sp³-hybridized carbons (Fsp3) is 0.105. The van der Waals surface area contributed by atoms with Gasteiger partial charge in [-0.3, -0.25) is 14.9 Å². The number of carbonyl (C=O) groups excluding carboxylic acids is 1. The summed E-state index contributed by atoms with van der Waals surface area (Å²) in [5.41, 5.74) is 1.53. The quantitative estimate of drug-likeness (QED) is 0.504. The first-order valence-corrected chi connectivity index (χ1v) is 8.09. The summed E-state index contributed by atoms with van der Waals surface area (Å²) >= 11 is 0. The lowest BCUT2D eigenvalue weighted by Crippen LogP contribution is -2.87. The van der Waals surface area contributed by atoms with Crippen LogP contribution in [0.15, 0.2) is 77.4 Å². The number of furan rings is 1. The van der Waals surface area contributed by atoms with Gasteiger partial charge in [0.05, 0.1) is 11.2 Å². The van der Waals surface area contributed by atoms with E-state index >= 15 is 0 Å². The van der Waals surface area contributed by atoms with Crippen molar-refractivity contribution in [3.63, 3.8) is 0 Å². The van der Waals surface area contributed by atoms with Gasteiger partial charge >= 0.3 is 0 Å². The molecular formula is C19H18N3O4+. The summed E-state index contributed by atoms with van der Waals surface area (Å²) in [5.74, 6) is 0.561. The summed E-state index contributed by atoms with van der Waals surface area (Å²) in [5, 5.41) is 15.3. The second-order valence-electron chi connectivity index (χ2n) is 5.70. The smallest absolute Gasteiger partial charge is 0.279 e. The molecule has 3 N–H and O–H groups in total. The monoisotopic (exact) mass is 352 g/mol. The lowest BCUT2D eigenvalue weighted by molar-refractivity contribution is -0.678. The highest BCUT2D eigenvalue weighted by molar-refractivity contribution is 5.91. The molecule has 3 rings (SSSR count). The van der Waals surface area contributed by atoms with E-state index in [2.05, 4.69) is 5.32 Å². The molecule has 7 nitrogen and oxygen atoms in total. The van der Waals surface area contributed by atoms with Gasteiger partial charge in [0.1, 0.15) is 0 Å². The van der Waals surface area contributed by atoms with Crippen LogP contribution in [0.1, 0.15) is 17.4 Å². The zero-order chi connectivity index (χ0) is 18.4. The number of hydrogen-bond donors (Lipinski definition) is 2. The van der Waals surface area contributed by atoms with Crippen LogP contribution >= 0.6 is 0 Å². The van der Waals surface area contributed by atoms with E-state index in [-0.39, 0.29) is 24.2 Å². The van der Waals surface area contributed by atoms with E-state index in [1.165, 1.54) is 24.3 Å². The lowest BCUT2D eigenvalue weighted by Gasteiger charge is -2.14. The van der Waals surface area contributed by atoms with Crippen molar-refractivity contribution in [3.05, 3.63) is 94.4 Å². The molecule has 0 unspecified atom stereocenters. The molecule has 0 spiro atoms. The van der Waals surface area contributed by atoms with Crippen molar-refractivity contribution in [1.29, 1.82) is 0 Å². The van der Waals surface area contributed by atoms with Crippen LogP contribution in [0, 0.1) is 10.1 Å². The van der Waals surface area contributed by atoms with Gasteiger partial charge in [-0.15, -0.1) is 0 Å². The molecule has 1 aromatic heterocycles. The van der Waals surface area contributed by atoms with E-state index in [1.807, 2.05) is 47.8 Å². The van der Waals surface area contributed by atoms with E-state index in [4.69, 9.17) is 4.42 Å². The summed E-state index contributed by atoms with van der Waals surface area (Å²) in [6.07, 6.45) is 1.61. The molecule has 0 saturated heterocycles. The Kier molecular flexibility index (Phi) is 5.40. The van der Waals surface area contributed by atoms with E-state index < -0.39 is 4.92 Å². The topological polar surface area (TPSA) is 102 Å². The van der Waals surface area contributed by atoms with Crippen LogP contribution in [0.4, 0.5) is 11.4 Å². The Balaban J connectivity index is 1.63. The normalized spacial score (nSPS) is 11.7. The van der Waals surface area contributed by atoms with Gasteiger partial charge in [-0.05, 0) is 24.3 Å². The Bertz CT molecular complexity index is 862. The standard InChI is InChI=1S/C19H17N3O4/c23-18(21-15-8-10-16(11-9-15)22(24)25)13-20-19(17-7-4-12-26-17)14-5-2-1-3-6-14/h1-12,19-20H,13H2,(H,21,23)/p+1/t19-/m0/s1. The highest BCUT2D eigenvalue weighted by atomic mass is 16.6. The minimum atomic E-state index is -0.479. The number of amides is 1. The largest absolute Gasteiger partial charge is 0.463 e. The molecule has 0 aliphatic heterocycles. The van der Waals surface area contributed by atoms with Gasteiger partial charge in [0.25, 0.3) is 11.6 Å². The Morgan fingerprint density at radius 1 is 1.08 bits per heavy atom. The number of non-ortho nitro benzene ring substituents is 1. The predicted molar refractivity (Wildman–Crippen MR) is 95.5 cm³/mol. The van der Waals surface area contributed by atoms with Gasteiger partial charge in [-0.25, -0.2) is 0 Å². The molecule has 26 heavy (non-hydrogen) atoms. The van der Waals surface area contributed by atoms with Crippen molar-refractivity contribution < 1.29 is 19.5 Å². The molecule has 132 valence electrons. The van der Waals surface area contributed by atoms with Gasteiger partial charge < -0.3 is 15.1 Å². The molecular weight excluding hydrogens is 334 g/mol. The summed E-state index contributed by atoms with van der Waals surface area (Å²) in [6.45, 7) is 0.178. The molecule has 7 heteroatoms. The van der Waals surface area contributed by atoms with E-state index in [1.54, 1.807) is 6.26 Å². The van der Waals surface area contributed by atoms with E-state index in [9.17, 15) is 14.9 Å². The van der Waals surface area contributed by atoms with Crippen molar-refractivity contribution in [3.8, 4) is 0 Å². The van der Waals surface area contributed by atoms with Gasteiger partial charge in [0.15, 0.2) is 18.3 Å². The van der Waals surface area contributed by atoms with Crippen LogP contribution in [0.25, 0.3) is 0 Å². The number of hydrogen-bond acceptors (Lipinski definition) is 4.